The van der Waals surface area contributed by atoms with Crippen molar-refractivity contribution in [3.63, 3.8) is 0 Å². The summed E-state index contributed by atoms with van der Waals surface area (Å²) in [5.74, 6) is -1.31. The van der Waals surface area contributed by atoms with Gasteiger partial charge in [-0.25, -0.2) is 9.59 Å². The van der Waals surface area contributed by atoms with Gasteiger partial charge >= 0.3 is 12.0 Å². The van der Waals surface area contributed by atoms with Gasteiger partial charge in [0.15, 0.2) is 6.04 Å². The van der Waals surface area contributed by atoms with Crippen molar-refractivity contribution in [2.24, 2.45) is 0 Å². The number of hydrogen-bond donors (Lipinski definition) is 4. The first kappa shape index (κ1) is 12.3. The Kier molecular flexibility index (Phi) is 4.14. The molecule has 0 saturated heterocycles. The predicted molar refractivity (Wildman–Crippen MR) is 55.2 cm³/mol. The van der Waals surface area contributed by atoms with Gasteiger partial charge in [0.1, 0.15) is 5.00 Å². The molecule has 2 unspecified atom stereocenters. The highest BCUT2D eigenvalue weighted by Gasteiger charge is 2.24. The largest absolute Gasteiger partial charge is 0.480 e. The van der Waals surface area contributed by atoms with Crippen molar-refractivity contribution >= 4 is 28.5 Å². The Hall–Kier alpha value is -1.74. The third-order valence-corrected chi connectivity index (χ3v) is 2.21. The number of nitrogens with zero attached hydrogens (tertiary/aromatic N) is 2. The molecule has 0 aliphatic carbocycles. The van der Waals surface area contributed by atoms with Crippen molar-refractivity contribution in [1.29, 1.82) is 0 Å². The van der Waals surface area contributed by atoms with Crippen LogP contribution in [-0.2, 0) is 4.79 Å². The monoisotopic (exact) mass is 246 g/mol. The summed E-state index contributed by atoms with van der Waals surface area (Å²) in [6, 6.07) is -2.10. The maximum absolute atomic E-state index is 11.3. The fraction of sp³-hybridized carbons (Fsp3) is 0.429. The van der Waals surface area contributed by atoms with E-state index in [2.05, 4.69) is 20.2 Å². The van der Waals surface area contributed by atoms with E-state index in [1.165, 1.54) is 13.1 Å². The van der Waals surface area contributed by atoms with E-state index in [-0.39, 0.29) is 0 Å². The second-order valence-electron chi connectivity index (χ2n) is 2.94. The lowest BCUT2D eigenvalue weighted by atomic mass is 10.2. The van der Waals surface area contributed by atoms with E-state index < -0.39 is 24.1 Å². The molecule has 8 nitrogen and oxygen atoms in total. The minimum absolute atomic E-state index is 0.382. The smallest absolute Gasteiger partial charge is 0.328 e. The van der Waals surface area contributed by atoms with Crippen LogP contribution in [0.3, 0.4) is 0 Å². The maximum atomic E-state index is 11.3. The number of hydrogen-bond acceptors (Lipinski definition) is 6. The van der Waals surface area contributed by atoms with Gasteiger partial charge in [0.05, 0.1) is 12.3 Å². The third-order valence-electron chi connectivity index (χ3n) is 1.63. The third kappa shape index (κ3) is 3.44. The Morgan fingerprint density at radius 2 is 2.25 bits per heavy atom. The molecule has 0 aliphatic rings. The molecule has 0 aliphatic heterocycles. The van der Waals surface area contributed by atoms with Crippen molar-refractivity contribution in [3.8, 4) is 0 Å². The van der Waals surface area contributed by atoms with Gasteiger partial charge in [-0.05, 0) is 6.92 Å². The minimum Gasteiger partial charge on any atom is -0.480 e. The molecule has 9 heteroatoms. The maximum Gasteiger partial charge on any atom is 0.328 e. The summed E-state index contributed by atoms with van der Waals surface area (Å²) in [6.07, 6.45) is 0.130. The van der Waals surface area contributed by atoms with Crippen molar-refractivity contribution in [3.05, 3.63) is 6.20 Å². The van der Waals surface area contributed by atoms with Crippen LogP contribution < -0.4 is 10.6 Å². The molecule has 2 atom stereocenters. The van der Waals surface area contributed by atoms with Crippen molar-refractivity contribution in [2.75, 3.05) is 5.32 Å². The highest BCUT2D eigenvalue weighted by Crippen LogP contribution is 2.08. The average Bonchev–Trinajstić information content (AvgIpc) is 2.65. The number of carboxylic acids is 1. The molecule has 1 heterocycles. The van der Waals surface area contributed by atoms with Crippen LogP contribution in [0.1, 0.15) is 6.92 Å². The SMILES string of the molecule is CC(O)C(NC(=O)Nc1cnns1)C(=O)O. The number of aliphatic hydroxyl groups is 1. The van der Waals surface area contributed by atoms with Crippen LogP contribution in [0.25, 0.3) is 0 Å². The number of nitrogens with one attached hydrogen (secondary N) is 2. The Bertz CT molecular complexity index is 366. The molecule has 2 amide bonds. The standard InChI is InChI=1S/C7H10N4O4S/c1-3(12)5(6(13)14)10-7(15)9-4-2-8-11-16-4/h2-3,5,12H,1H3,(H,13,14)(H2,9,10,15). The molecule has 16 heavy (non-hydrogen) atoms. The zero-order valence-electron chi connectivity index (χ0n) is 8.25. The van der Waals surface area contributed by atoms with Gasteiger partial charge in [-0.3, -0.25) is 5.32 Å². The van der Waals surface area contributed by atoms with E-state index in [1.54, 1.807) is 0 Å². The molecule has 1 aromatic heterocycles. The normalized spacial score (nSPS) is 13.9. The molecule has 1 aromatic rings. The lowest BCUT2D eigenvalue weighted by molar-refractivity contribution is -0.141. The summed E-state index contributed by atoms with van der Waals surface area (Å²) in [6.45, 7) is 1.27. The molecule has 0 spiro atoms. The fourth-order valence-corrected chi connectivity index (χ4v) is 1.31. The van der Waals surface area contributed by atoms with Gasteiger partial charge in [0, 0.05) is 11.5 Å². The van der Waals surface area contributed by atoms with Crippen LogP contribution in [0.15, 0.2) is 6.20 Å². The zero-order valence-corrected chi connectivity index (χ0v) is 9.06. The quantitative estimate of drug-likeness (QED) is 0.567. The molecule has 0 bridgehead atoms. The molecular formula is C7H10N4O4S. The van der Waals surface area contributed by atoms with Crippen LogP contribution in [-0.4, -0.2) is 43.9 Å². The van der Waals surface area contributed by atoms with Crippen LogP contribution in [0.2, 0.25) is 0 Å². The molecule has 0 radical (unpaired) electrons. The summed E-state index contributed by atoms with van der Waals surface area (Å²) in [7, 11) is 0. The number of carbonyl (C=O) groups excluding carboxylic acids is 1. The molecule has 0 aromatic carbocycles. The molecule has 4 N–H and O–H groups in total. The van der Waals surface area contributed by atoms with Crippen molar-refractivity contribution in [1.82, 2.24) is 14.9 Å². The number of aliphatic carboxylic acids is 1. The molecule has 1 rings (SSSR count). The summed E-state index contributed by atoms with van der Waals surface area (Å²) in [4.78, 5) is 21.9. The van der Waals surface area contributed by atoms with E-state index in [9.17, 15) is 9.59 Å². The number of amides is 2. The second kappa shape index (κ2) is 5.37. The Morgan fingerprint density at radius 1 is 1.56 bits per heavy atom. The Balaban J connectivity index is 2.52. The summed E-state index contributed by atoms with van der Waals surface area (Å²) in [5.41, 5.74) is 0. The van der Waals surface area contributed by atoms with Gasteiger partial charge in [-0.2, -0.15) is 0 Å². The minimum atomic E-state index is -1.36. The van der Waals surface area contributed by atoms with E-state index in [1.807, 2.05) is 0 Å². The van der Waals surface area contributed by atoms with Crippen LogP contribution in [0.4, 0.5) is 9.80 Å². The van der Waals surface area contributed by atoms with Gasteiger partial charge in [0.2, 0.25) is 0 Å². The van der Waals surface area contributed by atoms with E-state index in [4.69, 9.17) is 10.2 Å². The lowest BCUT2D eigenvalue weighted by Crippen LogP contribution is -2.49. The van der Waals surface area contributed by atoms with Gasteiger partial charge in [0.25, 0.3) is 0 Å². The number of rotatable bonds is 4. The van der Waals surface area contributed by atoms with E-state index in [0.29, 0.717) is 5.00 Å². The number of anilines is 1. The van der Waals surface area contributed by atoms with Gasteiger partial charge in [-0.1, -0.05) is 4.49 Å². The highest BCUT2D eigenvalue weighted by atomic mass is 32.1. The predicted octanol–water partition coefficient (Wildman–Crippen LogP) is -0.506. The van der Waals surface area contributed by atoms with Crippen molar-refractivity contribution in [2.45, 2.75) is 19.1 Å². The molecule has 0 saturated carbocycles. The summed E-state index contributed by atoms with van der Waals surface area (Å²) >= 11 is 0.952. The molecule has 0 fully saturated rings. The number of carbonyl (C=O) groups is 2. The summed E-state index contributed by atoms with van der Waals surface area (Å²) < 4.78 is 3.51. The first-order valence-corrected chi connectivity index (χ1v) is 5.04. The van der Waals surface area contributed by atoms with Gasteiger partial charge < -0.3 is 15.5 Å². The fourth-order valence-electron chi connectivity index (χ4n) is 0.900. The average molecular weight is 246 g/mol. The summed E-state index contributed by atoms with van der Waals surface area (Å²) in [5, 5.41) is 26.1. The van der Waals surface area contributed by atoms with Gasteiger partial charge in [-0.15, -0.1) is 5.10 Å². The highest BCUT2D eigenvalue weighted by molar-refractivity contribution is 7.10. The van der Waals surface area contributed by atoms with E-state index in [0.717, 1.165) is 11.5 Å². The van der Waals surface area contributed by atoms with E-state index >= 15 is 0 Å². The number of urea groups is 1. The van der Waals surface area contributed by atoms with Crippen LogP contribution in [0, 0.1) is 0 Å². The number of carboxylic acid groups (broad SMARTS) is 1. The van der Waals surface area contributed by atoms with Crippen LogP contribution >= 0.6 is 11.5 Å². The Morgan fingerprint density at radius 3 is 2.69 bits per heavy atom. The molecular weight excluding hydrogens is 236 g/mol. The lowest BCUT2D eigenvalue weighted by Gasteiger charge is -2.16. The van der Waals surface area contributed by atoms with Crippen LogP contribution in [0.5, 0.6) is 0 Å². The topological polar surface area (TPSA) is 124 Å². The first-order chi connectivity index (χ1) is 7.50. The number of aromatic nitrogens is 2. The van der Waals surface area contributed by atoms with Crippen molar-refractivity contribution < 1.29 is 19.8 Å². The first-order valence-electron chi connectivity index (χ1n) is 4.26. The second-order valence-corrected chi connectivity index (χ2v) is 3.72. The molecule has 88 valence electrons. The number of aliphatic hydroxyl groups excluding tert-OH is 1. The zero-order chi connectivity index (χ0) is 12.1. The Labute approximate surface area is 94.5 Å².